The summed E-state index contributed by atoms with van der Waals surface area (Å²) in [6.07, 6.45) is 1.23. The summed E-state index contributed by atoms with van der Waals surface area (Å²) in [6.45, 7) is 8.19. The van der Waals surface area contributed by atoms with Crippen LogP contribution in [0.4, 0.5) is 0 Å². The van der Waals surface area contributed by atoms with E-state index in [1.54, 1.807) is 24.3 Å². The highest BCUT2D eigenvalue weighted by molar-refractivity contribution is 5.90. The van der Waals surface area contributed by atoms with E-state index in [1.807, 2.05) is 0 Å². The molecule has 2 unspecified atom stereocenters. The first-order valence-corrected chi connectivity index (χ1v) is 7.25. The van der Waals surface area contributed by atoms with Gasteiger partial charge in [-0.05, 0) is 36.9 Å². The molecular weight excluding hydrogens is 254 g/mol. The molecule has 1 aliphatic rings. The van der Waals surface area contributed by atoms with Gasteiger partial charge in [-0.2, -0.15) is 0 Å². The minimum Gasteiger partial charge on any atom is -0.491 e. The number of carbonyl (C=O) groups is 1. The minimum atomic E-state index is -0.944. The number of hydrogen-bond acceptors (Lipinski definition) is 3. The van der Waals surface area contributed by atoms with Crippen molar-refractivity contribution in [3.63, 3.8) is 0 Å². The van der Waals surface area contributed by atoms with Crippen LogP contribution in [0.3, 0.4) is 0 Å². The Bertz CT molecular complexity index is 461. The molecule has 1 aromatic rings. The number of ether oxygens (including phenoxy) is 1. The number of para-hydroxylation sites is 1. The summed E-state index contributed by atoms with van der Waals surface area (Å²) in [5.41, 5.74) is 0.230. The molecule has 4 nitrogen and oxygen atoms in total. The third-order valence-electron chi connectivity index (χ3n) is 4.20. The van der Waals surface area contributed by atoms with Crippen molar-refractivity contribution in [2.24, 2.45) is 11.8 Å². The standard InChI is InChI=1S/C16H23NO3/c1-12-7-8-17(11-13(12)2)9-10-20-15-6-4-3-5-14(15)16(18)19/h3-6,12-13H,7-11H2,1-2H3,(H,18,19). The predicted molar refractivity (Wildman–Crippen MR) is 78.3 cm³/mol. The zero-order valence-corrected chi connectivity index (χ0v) is 12.2. The van der Waals surface area contributed by atoms with Crippen molar-refractivity contribution in [2.45, 2.75) is 20.3 Å². The number of nitrogens with zero attached hydrogens (tertiary/aromatic N) is 1. The van der Waals surface area contributed by atoms with Gasteiger partial charge in [-0.15, -0.1) is 0 Å². The van der Waals surface area contributed by atoms with Gasteiger partial charge in [0, 0.05) is 13.1 Å². The summed E-state index contributed by atoms with van der Waals surface area (Å²) in [4.78, 5) is 13.5. The van der Waals surface area contributed by atoms with Gasteiger partial charge in [0.2, 0.25) is 0 Å². The van der Waals surface area contributed by atoms with Crippen LogP contribution in [0.5, 0.6) is 5.75 Å². The first-order valence-electron chi connectivity index (χ1n) is 7.25. The van der Waals surface area contributed by atoms with E-state index >= 15 is 0 Å². The monoisotopic (exact) mass is 277 g/mol. The molecule has 20 heavy (non-hydrogen) atoms. The maximum Gasteiger partial charge on any atom is 0.339 e. The van der Waals surface area contributed by atoms with Crippen molar-refractivity contribution in [3.8, 4) is 5.75 Å². The number of carboxylic acids is 1. The Labute approximate surface area is 120 Å². The Morgan fingerprint density at radius 1 is 1.35 bits per heavy atom. The van der Waals surface area contributed by atoms with Crippen LogP contribution in [0.25, 0.3) is 0 Å². The van der Waals surface area contributed by atoms with Crippen LogP contribution in [0, 0.1) is 11.8 Å². The van der Waals surface area contributed by atoms with Crippen LogP contribution in [-0.2, 0) is 0 Å². The highest BCUT2D eigenvalue weighted by atomic mass is 16.5. The summed E-state index contributed by atoms with van der Waals surface area (Å²) in [5.74, 6) is 1.02. The summed E-state index contributed by atoms with van der Waals surface area (Å²) >= 11 is 0. The predicted octanol–water partition coefficient (Wildman–Crippen LogP) is 2.74. The van der Waals surface area contributed by atoms with Gasteiger partial charge < -0.3 is 9.84 Å². The van der Waals surface area contributed by atoms with E-state index in [9.17, 15) is 4.79 Å². The fourth-order valence-corrected chi connectivity index (χ4v) is 2.61. The van der Waals surface area contributed by atoms with Crippen LogP contribution >= 0.6 is 0 Å². The quantitative estimate of drug-likeness (QED) is 0.899. The molecule has 0 saturated carbocycles. The summed E-state index contributed by atoms with van der Waals surface area (Å²) in [5, 5.41) is 9.09. The number of aromatic carboxylic acids is 1. The van der Waals surface area contributed by atoms with Crippen molar-refractivity contribution in [1.82, 2.24) is 4.90 Å². The van der Waals surface area contributed by atoms with Crippen molar-refractivity contribution in [2.75, 3.05) is 26.2 Å². The molecule has 1 heterocycles. The molecule has 1 saturated heterocycles. The van der Waals surface area contributed by atoms with Gasteiger partial charge in [0.1, 0.15) is 17.9 Å². The van der Waals surface area contributed by atoms with Crippen molar-refractivity contribution < 1.29 is 14.6 Å². The first kappa shape index (κ1) is 14.9. The fourth-order valence-electron chi connectivity index (χ4n) is 2.61. The summed E-state index contributed by atoms with van der Waals surface area (Å²) in [7, 11) is 0. The van der Waals surface area contributed by atoms with Gasteiger partial charge in [0.05, 0.1) is 0 Å². The van der Waals surface area contributed by atoms with Crippen LogP contribution < -0.4 is 4.74 Å². The van der Waals surface area contributed by atoms with Crippen LogP contribution in [0.15, 0.2) is 24.3 Å². The number of piperidine rings is 1. The second-order valence-electron chi connectivity index (χ2n) is 5.69. The molecule has 0 amide bonds. The summed E-state index contributed by atoms with van der Waals surface area (Å²) < 4.78 is 5.64. The number of carboxylic acid groups (broad SMARTS) is 1. The molecule has 1 N–H and O–H groups in total. The van der Waals surface area contributed by atoms with E-state index in [2.05, 4.69) is 18.7 Å². The Morgan fingerprint density at radius 2 is 2.10 bits per heavy atom. The lowest BCUT2D eigenvalue weighted by Gasteiger charge is -2.35. The SMILES string of the molecule is CC1CCN(CCOc2ccccc2C(=O)O)CC1C. The smallest absolute Gasteiger partial charge is 0.339 e. The van der Waals surface area contributed by atoms with Gasteiger partial charge >= 0.3 is 5.97 Å². The zero-order valence-electron chi connectivity index (χ0n) is 12.2. The molecule has 1 aliphatic heterocycles. The first-order chi connectivity index (χ1) is 9.58. The number of benzene rings is 1. The normalized spacial score (nSPS) is 23.5. The van der Waals surface area contributed by atoms with Gasteiger partial charge in [-0.1, -0.05) is 26.0 Å². The van der Waals surface area contributed by atoms with E-state index in [4.69, 9.17) is 9.84 Å². The molecule has 0 bridgehead atoms. The molecule has 0 spiro atoms. The molecule has 4 heteroatoms. The van der Waals surface area contributed by atoms with E-state index in [0.717, 1.165) is 31.5 Å². The average molecular weight is 277 g/mol. The minimum absolute atomic E-state index is 0.230. The number of hydrogen-bond donors (Lipinski definition) is 1. The maximum atomic E-state index is 11.1. The second kappa shape index (κ2) is 6.75. The Hall–Kier alpha value is -1.55. The lowest BCUT2D eigenvalue weighted by Crippen LogP contribution is -2.40. The molecule has 2 rings (SSSR count). The average Bonchev–Trinajstić information content (AvgIpc) is 2.43. The Balaban J connectivity index is 1.83. The number of likely N-dealkylation sites (tertiary alicyclic amines) is 1. The zero-order chi connectivity index (χ0) is 14.5. The third kappa shape index (κ3) is 3.73. The topological polar surface area (TPSA) is 49.8 Å². The summed E-state index contributed by atoms with van der Waals surface area (Å²) in [6, 6.07) is 6.79. The lowest BCUT2D eigenvalue weighted by atomic mass is 9.89. The maximum absolute atomic E-state index is 11.1. The van der Waals surface area contributed by atoms with Crippen LogP contribution in [0.1, 0.15) is 30.6 Å². The van der Waals surface area contributed by atoms with Gasteiger partial charge in [-0.3, -0.25) is 4.90 Å². The second-order valence-corrected chi connectivity index (χ2v) is 5.69. The molecule has 0 radical (unpaired) electrons. The molecular formula is C16H23NO3. The van der Waals surface area contributed by atoms with E-state index < -0.39 is 5.97 Å². The van der Waals surface area contributed by atoms with Gasteiger partial charge in [-0.25, -0.2) is 4.79 Å². The van der Waals surface area contributed by atoms with Crippen LogP contribution in [-0.4, -0.2) is 42.2 Å². The van der Waals surface area contributed by atoms with E-state index in [0.29, 0.717) is 12.4 Å². The third-order valence-corrected chi connectivity index (χ3v) is 4.20. The van der Waals surface area contributed by atoms with Crippen molar-refractivity contribution >= 4 is 5.97 Å². The molecule has 1 fully saturated rings. The highest BCUT2D eigenvalue weighted by Crippen LogP contribution is 2.22. The van der Waals surface area contributed by atoms with Crippen molar-refractivity contribution in [3.05, 3.63) is 29.8 Å². The largest absolute Gasteiger partial charge is 0.491 e. The molecule has 1 aromatic carbocycles. The van der Waals surface area contributed by atoms with Gasteiger partial charge in [0.25, 0.3) is 0 Å². The molecule has 2 atom stereocenters. The lowest BCUT2D eigenvalue weighted by molar-refractivity contribution is 0.0690. The number of rotatable bonds is 5. The van der Waals surface area contributed by atoms with E-state index in [1.165, 1.54) is 6.42 Å². The van der Waals surface area contributed by atoms with Crippen LogP contribution in [0.2, 0.25) is 0 Å². The highest BCUT2D eigenvalue weighted by Gasteiger charge is 2.22. The molecule has 0 aromatic heterocycles. The van der Waals surface area contributed by atoms with Gasteiger partial charge in [0.15, 0.2) is 0 Å². The Morgan fingerprint density at radius 3 is 2.80 bits per heavy atom. The molecule has 110 valence electrons. The Kier molecular flexibility index (Phi) is 5.01. The van der Waals surface area contributed by atoms with E-state index in [-0.39, 0.29) is 5.56 Å². The fraction of sp³-hybridized carbons (Fsp3) is 0.562. The van der Waals surface area contributed by atoms with Crippen molar-refractivity contribution in [1.29, 1.82) is 0 Å². The molecule has 0 aliphatic carbocycles.